The number of fused-ring (bicyclic) bond motifs is 14. The lowest BCUT2D eigenvalue weighted by Crippen LogP contribution is -2.57. The molecule has 20 rings (SSSR count). The van der Waals surface area contributed by atoms with Crippen LogP contribution in [-0.4, -0.2) is 11.3 Å². The maximum absolute atomic E-state index is 7.41. The van der Waals surface area contributed by atoms with Gasteiger partial charge in [-0.05, 0) is 241 Å². The minimum absolute atomic E-state index is 0.0462. The van der Waals surface area contributed by atoms with Gasteiger partial charge in [-0.15, -0.1) is 0 Å². The van der Waals surface area contributed by atoms with Crippen molar-refractivity contribution in [2.24, 2.45) is 35.5 Å². The van der Waals surface area contributed by atoms with E-state index in [2.05, 4.69) is 153 Å². The van der Waals surface area contributed by atoms with Crippen molar-refractivity contribution in [3.05, 3.63) is 137 Å². The fourth-order valence-corrected chi connectivity index (χ4v) is 20.3. The Morgan fingerprint density at radius 1 is 0.534 bits per heavy atom. The van der Waals surface area contributed by atoms with Crippen LogP contribution in [0.15, 0.2) is 114 Å². The molecule has 9 aliphatic carbocycles. The largest absolute Gasteiger partial charge is 0.455 e. The summed E-state index contributed by atoms with van der Waals surface area (Å²) in [6.45, 7) is 12.3. The van der Waals surface area contributed by atoms with E-state index in [9.17, 15) is 0 Å². The molecule has 4 heteroatoms. The van der Waals surface area contributed by atoms with Crippen molar-refractivity contribution in [3.8, 4) is 11.1 Å². The summed E-state index contributed by atoms with van der Waals surface area (Å²) in [5.74, 6) is 5.33. The fourth-order valence-electron chi connectivity index (χ4n) is 20.3. The van der Waals surface area contributed by atoms with Crippen molar-refractivity contribution in [2.45, 2.75) is 146 Å². The summed E-state index contributed by atoms with van der Waals surface area (Å²) in [6.07, 6.45) is 19.4. The average Bonchev–Trinajstić information content (AvgIpc) is 3.91. The Kier molecular flexibility index (Phi) is 7.73. The molecule has 8 bridgehead atoms. The van der Waals surface area contributed by atoms with Gasteiger partial charge in [-0.25, -0.2) is 0 Å². The van der Waals surface area contributed by atoms with E-state index in [0.29, 0.717) is 5.41 Å². The van der Waals surface area contributed by atoms with Gasteiger partial charge in [-0.2, -0.15) is 0 Å². The van der Waals surface area contributed by atoms with Crippen LogP contribution in [0.25, 0.3) is 65.6 Å². The van der Waals surface area contributed by atoms with Crippen molar-refractivity contribution >= 4 is 89.4 Å². The molecule has 9 aromatic rings. The second-order valence-corrected chi connectivity index (χ2v) is 28.0. The highest BCUT2D eigenvalue weighted by Gasteiger charge is 2.55. The third kappa shape index (κ3) is 5.30. The zero-order chi connectivity index (χ0) is 48.2. The monoisotopic (exact) mass is 951 g/mol. The van der Waals surface area contributed by atoms with Gasteiger partial charge in [0.25, 0.3) is 0 Å². The molecule has 362 valence electrons. The quantitative estimate of drug-likeness (QED) is 0.165. The molecule has 11 aliphatic rings. The molecule has 8 fully saturated rings. The molecule has 3 nitrogen and oxygen atoms in total. The molecule has 0 amide bonds. The van der Waals surface area contributed by atoms with E-state index in [1.807, 2.05) is 0 Å². The van der Waals surface area contributed by atoms with Gasteiger partial charge in [-0.1, -0.05) is 94.4 Å². The van der Waals surface area contributed by atoms with Gasteiger partial charge in [0.1, 0.15) is 11.2 Å². The van der Waals surface area contributed by atoms with E-state index >= 15 is 0 Å². The van der Waals surface area contributed by atoms with Gasteiger partial charge in [0.2, 0.25) is 0 Å². The van der Waals surface area contributed by atoms with E-state index in [4.69, 9.17) is 4.42 Å². The predicted molar refractivity (Wildman–Crippen MR) is 304 cm³/mol. The predicted octanol–water partition coefficient (Wildman–Crippen LogP) is 16.9. The molecule has 73 heavy (non-hydrogen) atoms. The number of furan rings is 1. The highest BCUT2D eigenvalue weighted by atomic mass is 16.3. The van der Waals surface area contributed by atoms with Gasteiger partial charge >= 0.3 is 6.85 Å². The summed E-state index contributed by atoms with van der Waals surface area (Å²) in [7, 11) is 0. The molecular weight excluding hydrogens is 884 g/mol. The summed E-state index contributed by atoms with van der Waals surface area (Å²) < 4.78 is 10.3. The summed E-state index contributed by atoms with van der Waals surface area (Å²) in [5, 5.41) is 8.04. The summed E-state index contributed by atoms with van der Waals surface area (Å²) >= 11 is 0. The first-order chi connectivity index (χ1) is 35.4. The number of anilines is 3. The molecule has 0 radical (unpaired) electrons. The molecular formula is C69H67BN2O. The van der Waals surface area contributed by atoms with Crippen LogP contribution in [-0.2, 0) is 21.7 Å². The molecule has 0 saturated heterocycles. The number of para-hydroxylation sites is 1. The van der Waals surface area contributed by atoms with Crippen LogP contribution in [0, 0.1) is 42.4 Å². The van der Waals surface area contributed by atoms with E-state index < -0.39 is 0 Å². The SMILES string of the molecule is Cc1cc2c(cc1N1c3cc4c(oc5ccccc54)c4c3B(c3ccc5ccccc5c31)n1c3ccc(C56CC7CC(CC(C7)C5)C6)cc3c3cc(C56CC7CC(CC(C7)C5)C6)cc-4c31)C(C)(C)CCC2(C)C. The number of hydrogen-bond donors (Lipinski definition) is 0. The number of benzene rings is 7. The van der Waals surface area contributed by atoms with E-state index in [1.54, 1.807) is 11.1 Å². The molecule has 2 aromatic heterocycles. The van der Waals surface area contributed by atoms with Crippen LogP contribution >= 0.6 is 0 Å². The number of hydrogen-bond acceptors (Lipinski definition) is 2. The minimum atomic E-state index is -0.0462. The van der Waals surface area contributed by atoms with Gasteiger partial charge < -0.3 is 13.8 Å². The van der Waals surface area contributed by atoms with E-state index in [0.717, 1.165) is 46.7 Å². The van der Waals surface area contributed by atoms with Crippen molar-refractivity contribution in [1.29, 1.82) is 0 Å². The van der Waals surface area contributed by atoms with Gasteiger partial charge in [0.15, 0.2) is 0 Å². The van der Waals surface area contributed by atoms with Gasteiger partial charge in [-0.3, -0.25) is 0 Å². The number of nitrogens with zero attached hydrogens (tertiary/aromatic N) is 2. The number of rotatable bonds is 3. The molecule has 0 spiro atoms. The molecule has 8 saturated carbocycles. The van der Waals surface area contributed by atoms with E-state index in [1.165, 1.54) is 189 Å². The summed E-state index contributed by atoms with van der Waals surface area (Å²) in [5.41, 5.74) is 22.8. The molecule has 0 atom stereocenters. The smallest absolute Gasteiger partial charge is 0.333 e. The van der Waals surface area contributed by atoms with E-state index in [-0.39, 0.29) is 23.1 Å². The average molecular weight is 951 g/mol. The van der Waals surface area contributed by atoms with Crippen LogP contribution < -0.4 is 15.8 Å². The van der Waals surface area contributed by atoms with Crippen molar-refractivity contribution in [1.82, 2.24) is 4.48 Å². The molecule has 2 aliphatic heterocycles. The zero-order valence-corrected chi connectivity index (χ0v) is 43.6. The third-order valence-electron chi connectivity index (χ3n) is 22.8. The number of aromatic nitrogens is 1. The zero-order valence-electron chi connectivity index (χ0n) is 43.6. The lowest BCUT2D eigenvalue weighted by Gasteiger charge is -2.57. The summed E-state index contributed by atoms with van der Waals surface area (Å²) in [6, 6.07) is 44.6. The molecule has 0 unspecified atom stereocenters. The second kappa shape index (κ2) is 13.6. The highest BCUT2D eigenvalue weighted by Crippen LogP contribution is 2.64. The fraction of sp³-hybridized carbons (Fsp3) is 0.420. The third-order valence-corrected chi connectivity index (χ3v) is 22.8. The van der Waals surface area contributed by atoms with Crippen molar-refractivity contribution < 1.29 is 4.42 Å². The minimum Gasteiger partial charge on any atom is -0.455 e. The first kappa shape index (κ1) is 41.6. The Morgan fingerprint density at radius 2 is 1.14 bits per heavy atom. The van der Waals surface area contributed by atoms with Crippen LogP contribution in [0.5, 0.6) is 0 Å². The topological polar surface area (TPSA) is 21.3 Å². The van der Waals surface area contributed by atoms with Crippen LogP contribution in [0.2, 0.25) is 0 Å². The Labute approximate surface area is 430 Å². The maximum atomic E-state index is 7.41. The van der Waals surface area contributed by atoms with Gasteiger partial charge in [0, 0.05) is 60.5 Å². The Hall–Kier alpha value is -5.74. The maximum Gasteiger partial charge on any atom is 0.333 e. The first-order valence-electron chi connectivity index (χ1n) is 29.0. The molecule has 4 heterocycles. The standard InChI is InChI=1S/C69H67BN2O/c1-38-20-54-55(67(4,5)19-18-66(54,2)3)31-58(38)71-59-30-52-49-12-8-9-13-60(49)73-65(52)61-53-29-47(69-35-42-24-43(36-69)26-44(25-42)37-69)28-51-50-27-46(68-32-39-21-40(33-68)23-41(22-39)34-68)15-17-57(50)72(63(51)53)70(62(59)61)56-16-14-45-10-6-7-11-48(45)64(56)71/h6-17,20,27-31,39-44H,18-19,21-26,32-37H2,1-5H3. The molecule has 7 aromatic carbocycles. The Bertz CT molecular complexity index is 3920. The highest BCUT2D eigenvalue weighted by molar-refractivity contribution is 6.90. The van der Waals surface area contributed by atoms with Crippen molar-refractivity contribution in [3.63, 3.8) is 0 Å². The van der Waals surface area contributed by atoms with Crippen LogP contribution in [0.1, 0.15) is 145 Å². The molecule has 0 N–H and O–H groups in total. The Balaban J connectivity index is 0.994. The van der Waals surface area contributed by atoms with Crippen molar-refractivity contribution in [2.75, 3.05) is 4.90 Å². The lowest BCUT2D eigenvalue weighted by atomic mass is 9.44. The Morgan fingerprint density at radius 3 is 1.82 bits per heavy atom. The number of aryl methyl sites for hydroxylation is 1. The lowest BCUT2D eigenvalue weighted by molar-refractivity contribution is -0.00527. The normalized spacial score (nSPS) is 30.3. The summed E-state index contributed by atoms with van der Waals surface area (Å²) in [4.78, 5) is 2.77. The second-order valence-electron chi connectivity index (χ2n) is 28.0. The van der Waals surface area contributed by atoms with Crippen LogP contribution in [0.4, 0.5) is 17.1 Å². The van der Waals surface area contributed by atoms with Crippen LogP contribution in [0.3, 0.4) is 0 Å². The van der Waals surface area contributed by atoms with Gasteiger partial charge in [0.05, 0.1) is 5.69 Å². The first-order valence-corrected chi connectivity index (χ1v) is 29.0.